The average molecular weight is 438 g/mol. The van der Waals surface area contributed by atoms with Gasteiger partial charge in [0.1, 0.15) is 0 Å². The Hall–Kier alpha value is -3.61. The molecular formula is C25H31N3O4. The molecule has 2 aromatic carbocycles. The fraction of sp³-hybridized carbons (Fsp3) is 0.320. The molecule has 0 fully saturated rings. The zero-order valence-electron chi connectivity index (χ0n) is 19.6. The maximum Gasteiger partial charge on any atom is 0.347 e. The lowest BCUT2D eigenvalue weighted by atomic mass is 10.0. The molecular weight excluding hydrogens is 406 g/mol. The van der Waals surface area contributed by atoms with Gasteiger partial charge in [-0.3, -0.25) is 4.99 Å². The van der Waals surface area contributed by atoms with E-state index in [1.54, 1.807) is 13.8 Å². The fourth-order valence-corrected chi connectivity index (χ4v) is 2.89. The number of benzene rings is 2. The number of hydrogen-bond donors (Lipinski definition) is 0. The maximum absolute atomic E-state index is 12.3. The Morgan fingerprint density at radius 3 is 1.44 bits per heavy atom. The second kappa shape index (κ2) is 11.7. The molecule has 32 heavy (non-hydrogen) atoms. The predicted molar refractivity (Wildman–Crippen MR) is 129 cm³/mol. The van der Waals surface area contributed by atoms with Crippen LogP contribution in [0.4, 0.5) is 11.4 Å². The molecule has 7 nitrogen and oxygen atoms in total. The van der Waals surface area contributed by atoms with Gasteiger partial charge in [-0.25, -0.2) is 9.59 Å². The van der Waals surface area contributed by atoms with Gasteiger partial charge in [-0.15, -0.1) is 0 Å². The number of esters is 2. The van der Waals surface area contributed by atoms with Crippen molar-refractivity contribution >= 4 is 29.0 Å². The summed E-state index contributed by atoms with van der Waals surface area (Å²) in [5.74, 6) is -1.53. The summed E-state index contributed by atoms with van der Waals surface area (Å²) in [4.78, 5) is 33.2. The number of aliphatic imine (C=N–C) groups is 1. The zero-order valence-corrected chi connectivity index (χ0v) is 19.6. The Morgan fingerprint density at radius 2 is 1.12 bits per heavy atom. The van der Waals surface area contributed by atoms with Crippen LogP contribution in [0.15, 0.2) is 65.3 Å². The van der Waals surface area contributed by atoms with Crippen LogP contribution in [0.5, 0.6) is 0 Å². The monoisotopic (exact) mass is 437 g/mol. The standard InChI is InChI=1S/C25H31N3O4/c1-7-31-24(29)22(25(30)32-8-2)17-26-23(18-9-13-20(14-10-18)27(3)4)19-11-15-21(16-12-19)28(5)6/h9-17H,7-8H2,1-6H3. The predicted octanol–water partition coefficient (Wildman–Crippen LogP) is 3.67. The Kier molecular flexibility index (Phi) is 9.01. The lowest BCUT2D eigenvalue weighted by molar-refractivity contribution is -0.146. The number of nitrogens with zero attached hydrogens (tertiary/aromatic N) is 3. The lowest BCUT2D eigenvalue weighted by Gasteiger charge is -2.15. The zero-order chi connectivity index (χ0) is 23.7. The van der Waals surface area contributed by atoms with E-state index in [9.17, 15) is 9.59 Å². The number of ether oxygens (including phenoxy) is 2. The van der Waals surface area contributed by atoms with Gasteiger partial charge in [-0.1, -0.05) is 24.3 Å². The van der Waals surface area contributed by atoms with Crippen molar-refractivity contribution < 1.29 is 19.1 Å². The molecule has 0 spiro atoms. The van der Waals surface area contributed by atoms with E-state index in [1.165, 1.54) is 6.20 Å². The first-order chi connectivity index (χ1) is 15.3. The van der Waals surface area contributed by atoms with Crippen molar-refractivity contribution in [2.24, 2.45) is 4.99 Å². The maximum atomic E-state index is 12.3. The van der Waals surface area contributed by atoms with Gasteiger partial charge < -0.3 is 19.3 Å². The van der Waals surface area contributed by atoms with E-state index in [0.29, 0.717) is 5.71 Å². The molecule has 0 atom stereocenters. The van der Waals surface area contributed by atoms with Crippen LogP contribution >= 0.6 is 0 Å². The first-order valence-corrected chi connectivity index (χ1v) is 10.5. The molecule has 170 valence electrons. The van der Waals surface area contributed by atoms with Gasteiger partial charge in [-0.2, -0.15) is 0 Å². The summed E-state index contributed by atoms with van der Waals surface area (Å²) >= 11 is 0. The van der Waals surface area contributed by atoms with Gasteiger partial charge in [-0.05, 0) is 38.1 Å². The second-order valence-electron chi connectivity index (χ2n) is 7.34. The molecule has 0 amide bonds. The Balaban J connectivity index is 2.59. The quantitative estimate of drug-likeness (QED) is 0.196. The highest BCUT2D eigenvalue weighted by Gasteiger charge is 2.21. The van der Waals surface area contributed by atoms with E-state index in [4.69, 9.17) is 9.47 Å². The SMILES string of the molecule is CCOC(=O)C(=CN=C(c1ccc(N(C)C)cc1)c1ccc(N(C)C)cc1)C(=O)OCC. The van der Waals surface area contributed by atoms with Crippen molar-refractivity contribution in [3.63, 3.8) is 0 Å². The summed E-state index contributed by atoms with van der Waals surface area (Å²) in [6, 6.07) is 15.8. The first kappa shape index (κ1) is 24.7. The number of rotatable bonds is 9. The highest BCUT2D eigenvalue weighted by atomic mass is 16.6. The largest absolute Gasteiger partial charge is 0.462 e. The topological polar surface area (TPSA) is 71.4 Å². The van der Waals surface area contributed by atoms with Crippen LogP contribution < -0.4 is 9.80 Å². The molecule has 0 unspecified atom stereocenters. The summed E-state index contributed by atoms with van der Waals surface area (Å²) < 4.78 is 10.0. The fourth-order valence-electron chi connectivity index (χ4n) is 2.89. The smallest absolute Gasteiger partial charge is 0.347 e. The number of carbonyl (C=O) groups is 2. The second-order valence-corrected chi connectivity index (χ2v) is 7.34. The van der Waals surface area contributed by atoms with Crippen LogP contribution in [0.3, 0.4) is 0 Å². The average Bonchev–Trinajstić information content (AvgIpc) is 2.77. The highest BCUT2D eigenvalue weighted by Crippen LogP contribution is 2.19. The normalized spacial score (nSPS) is 10.1. The Labute approximate surface area is 190 Å². The summed E-state index contributed by atoms with van der Waals surface area (Å²) in [5, 5.41) is 0. The Bertz CT molecular complexity index is 902. The van der Waals surface area contributed by atoms with Crippen molar-refractivity contribution in [3.8, 4) is 0 Å². The third kappa shape index (κ3) is 6.44. The molecule has 0 aliphatic carbocycles. The minimum atomic E-state index is -0.764. The Morgan fingerprint density at radius 1 is 0.750 bits per heavy atom. The molecule has 7 heteroatoms. The van der Waals surface area contributed by atoms with Gasteiger partial charge >= 0.3 is 11.9 Å². The molecule has 0 aliphatic heterocycles. The van der Waals surface area contributed by atoms with Crippen molar-refractivity contribution in [2.75, 3.05) is 51.2 Å². The van der Waals surface area contributed by atoms with Crippen molar-refractivity contribution in [1.82, 2.24) is 0 Å². The van der Waals surface area contributed by atoms with Crippen LogP contribution in [0.1, 0.15) is 25.0 Å². The molecule has 0 heterocycles. The molecule has 2 rings (SSSR count). The highest BCUT2D eigenvalue weighted by molar-refractivity contribution is 6.16. The van der Waals surface area contributed by atoms with Crippen molar-refractivity contribution in [2.45, 2.75) is 13.8 Å². The van der Waals surface area contributed by atoms with E-state index < -0.39 is 11.9 Å². The van der Waals surface area contributed by atoms with E-state index in [2.05, 4.69) is 4.99 Å². The molecule has 0 radical (unpaired) electrons. The van der Waals surface area contributed by atoms with Gasteiger partial charge in [0.2, 0.25) is 0 Å². The molecule has 0 saturated heterocycles. The minimum absolute atomic E-state index is 0.143. The minimum Gasteiger partial charge on any atom is -0.462 e. The van der Waals surface area contributed by atoms with Crippen LogP contribution in [0.25, 0.3) is 0 Å². The van der Waals surface area contributed by atoms with Gasteiger partial charge in [0.25, 0.3) is 0 Å². The summed E-state index contributed by atoms with van der Waals surface area (Å²) in [6.45, 7) is 3.64. The summed E-state index contributed by atoms with van der Waals surface area (Å²) in [5.41, 5.74) is 4.15. The number of anilines is 2. The molecule has 0 aromatic heterocycles. The van der Waals surface area contributed by atoms with E-state index in [1.807, 2.05) is 86.5 Å². The van der Waals surface area contributed by atoms with E-state index >= 15 is 0 Å². The van der Waals surface area contributed by atoms with Gasteiger partial charge in [0.05, 0.1) is 18.9 Å². The van der Waals surface area contributed by atoms with E-state index in [-0.39, 0.29) is 18.8 Å². The molecule has 0 saturated carbocycles. The molecule has 0 bridgehead atoms. The van der Waals surface area contributed by atoms with Crippen LogP contribution in [0.2, 0.25) is 0 Å². The van der Waals surface area contributed by atoms with E-state index in [0.717, 1.165) is 22.5 Å². The van der Waals surface area contributed by atoms with Crippen LogP contribution in [-0.4, -0.2) is 59.1 Å². The molecule has 2 aromatic rings. The molecule has 0 N–H and O–H groups in total. The number of carbonyl (C=O) groups excluding carboxylic acids is 2. The number of hydrogen-bond acceptors (Lipinski definition) is 7. The summed E-state index contributed by atoms with van der Waals surface area (Å²) in [6.07, 6.45) is 1.23. The van der Waals surface area contributed by atoms with Crippen LogP contribution in [0, 0.1) is 0 Å². The van der Waals surface area contributed by atoms with Crippen molar-refractivity contribution in [3.05, 3.63) is 71.4 Å². The lowest BCUT2D eigenvalue weighted by Crippen LogP contribution is -2.18. The summed E-state index contributed by atoms with van der Waals surface area (Å²) in [7, 11) is 7.88. The first-order valence-electron chi connectivity index (χ1n) is 10.5. The third-order valence-corrected chi connectivity index (χ3v) is 4.63. The van der Waals surface area contributed by atoms with Crippen LogP contribution in [-0.2, 0) is 19.1 Å². The van der Waals surface area contributed by atoms with Crippen molar-refractivity contribution in [1.29, 1.82) is 0 Å². The molecule has 0 aliphatic rings. The third-order valence-electron chi connectivity index (χ3n) is 4.63. The van der Waals surface area contributed by atoms with Gasteiger partial charge in [0, 0.05) is 56.9 Å². The van der Waals surface area contributed by atoms with Gasteiger partial charge in [0.15, 0.2) is 5.57 Å².